The lowest BCUT2D eigenvalue weighted by Gasteiger charge is -2.35. The highest BCUT2D eigenvalue weighted by molar-refractivity contribution is 7.98. The van der Waals surface area contributed by atoms with E-state index in [1.807, 2.05) is 11.8 Å². The topological polar surface area (TPSA) is 21.7 Å². The first-order chi connectivity index (χ1) is 9.78. The number of rotatable bonds is 9. The molecular weight excluding hydrogens is 282 g/mol. The molecule has 0 aromatic rings. The largest absolute Gasteiger partial charge is 0.376 e. The SMILES string of the molecule is COC(C)(C)COC(C)(C)CCN1CCC(CSC)CC1. The van der Waals surface area contributed by atoms with E-state index < -0.39 is 0 Å². The Morgan fingerprint density at radius 2 is 1.71 bits per heavy atom. The lowest BCUT2D eigenvalue weighted by molar-refractivity contribution is -0.110. The average Bonchev–Trinajstić information content (AvgIpc) is 2.45. The van der Waals surface area contributed by atoms with Crippen LogP contribution in [0.1, 0.15) is 47.0 Å². The lowest BCUT2D eigenvalue weighted by atomic mass is 9.97. The number of thioether (sulfide) groups is 1. The van der Waals surface area contributed by atoms with Crippen LogP contribution in [0.4, 0.5) is 0 Å². The third kappa shape index (κ3) is 7.87. The molecule has 1 aliphatic heterocycles. The maximum atomic E-state index is 6.08. The van der Waals surface area contributed by atoms with Crippen LogP contribution >= 0.6 is 11.8 Å². The Kier molecular flexibility index (Phi) is 8.04. The van der Waals surface area contributed by atoms with E-state index in [1.54, 1.807) is 7.11 Å². The van der Waals surface area contributed by atoms with Crippen molar-refractivity contribution in [1.29, 1.82) is 0 Å². The highest BCUT2D eigenvalue weighted by Gasteiger charge is 2.26. The molecule has 0 bridgehead atoms. The van der Waals surface area contributed by atoms with Crippen molar-refractivity contribution in [2.24, 2.45) is 5.92 Å². The van der Waals surface area contributed by atoms with Gasteiger partial charge in [0.15, 0.2) is 0 Å². The smallest absolute Gasteiger partial charge is 0.0855 e. The monoisotopic (exact) mass is 317 g/mol. The second-order valence-electron chi connectivity index (χ2n) is 7.50. The van der Waals surface area contributed by atoms with Crippen LogP contribution in [0.15, 0.2) is 0 Å². The average molecular weight is 318 g/mol. The van der Waals surface area contributed by atoms with Gasteiger partial charge in [0.1, 0.15) is 0 Å². The van der Waals surface area contributed by atoms with Crippen molar-refractivity contribution in [2.75, 3.05) is 45.4 Å². The molecule has 0 aromatic carbocycles. The van der Waals surface area contributed by atoms with Gasteiger partial charge in [0.25, 0.3) is 0 Å². The maximum Gasteiger partial charge on any atom is 0.0855 e. The summed E-state index contributed by atoms with van der Waals surface area (Å²) in [5, 5.41) is 0. The Morgan fingerprint density at radius 1 is 1.10 bits per heavy atom. The quantitative estimate of drug-likeness (QED) is 0.647. The van der Waals surface area contributed by atoms with Crippen LogP contribution in [0.25, 0.3) is 0 Å². The molecule has 0 amide bonds. The first-order valence-electron chi connectivity index (χ1n) is 8.18. The van der Waals surface area contributed by atoms with Crippen molar-refractivity contribution in [3.63, 3.8) is 0 Å². The van der Waals surface area contributed by atoms with Gasteiger partial charge in [-0.25, -0.2) is 0 Å². The predicted octanol–water partition coefficient (Wildman–Crippen LogP) is 3.67. The molecule has 1 rings (SSSR count). The first-order valence-corrected chi connectivity index (χ1v) is 9.58. The van der Waals surface area contributed by atoms with Crippen molar-refractivity contribution >= 4 is 11.8 Å². The zero-order valence-electron chi connectivity index (χ0n) is 14.9. The first kappa shape index (κ1) is 19.3. The summed E-state index contributed by atoms with van der Waals surface area (Å²) in [7, 11) is 1.75. The lowest BCUT2D eigenvalue weighted by Crippen LogP contribution is -2.40. The molecule has 1 aliphatic rings. The fourth-order valence-electron chi connectivity index (χ4n) is 2.54. The molecule has 4 heteroatoms. The highest BCUT2D eigenvalue weighted by Crippen LogP contribution is 2.23. The Bertz CT molecular complexity index is 287. The van der Waals surface area contributed by atoms with E-state index >= 15 is 0 Å². The van der Waals surface area contributed by atoms with Crippen LogP contribution in [0.3, 0.4) is 0 Å². The maximum absolute atomic E-state index is 6.08. The molecule has 0 spiro atoms. The van der Waals surface area contributed by atoms with Gasteiger partial charge in [-0.15, -0.1) is 0 Å². The van der Waals surface area contributed by atoms with Crippen LogP contribution in [0.2, 0.25) is 0 Å². The number of hydrogen-bond acceptors (Lipinski definition) is 4. The fourth-order valence-corrected chi connectivity index (χ4v) is 3.34. The standard InChI is InChI=1S/C17H35NO2S/c1-16(2,20-14-17(3,4)19-5)9-12-18-10-7-15(8-11-18)13-21-6/h15H,7-14H2,1-6H3. The summed E-state index contributed by atoms with van der Waals surface area (Å²) in [6, 6.07) is 0. The molecule has 0 saturated carbocycles. The van der Waals surface area contributed by atoms with Crippen molar-refractivity contribution in [2.45, 2.75) is 58.2 Å². The number of piperidine rings is 1. The summed E-state index contributed by atoms with van der Waals surface area (Å²) in [6.45, 7) is 12.8. The minimum Gasteiger partial charge on any atom is -0.376 e. The zero-order chi connectivity index (χ0) is 15.9. The Hall–Kier alpha value is 0.230. The number of methoxy groups -OCH3 is 1. The van der Waals surface area contributed by atoms with E-state index in [9.17, 15) is 0 Å². The number of hydrogen-bond donors (Lipinski definition) is 0. The molecule has 1 fully saturated rings. The van der Waals surface area contributed by atoms with Crippen molar-refractivity contribution in [1.82, 2.24) is 4.90 Å². The van der Waals surface area contributed by atoms with E-state index in [2.05, 4.69) is 38.9 Å². The second kappa shape index (κ2) is 8.76. The second-order valence-corrected chi connectivity index (χ2v) is 8.41. The van der Waals surface area contributed by atoms with Crippen molar-refractivity contribution in [3.8, 4) is 0 Å². The molecule has 0 N–H and O–H groups in total. The van der Waals surface area contributed by atoms with Gasteiger partial charge in [0.2, 0.25) is 0 Å². The molecule has 0 atom stereocenters. The van der Waals surface area contributed by atoms with Crippen LogP contribution in [-0.2, 0) is 9.47 Å². The minimum absolute atomic E-state index is 0.0775. The van der Waals surface area contributed by atoms with Gasteiger partial charge in [0, 0.05) is 13.7 Å². The predicted molar refractivity (Wildman–Crippen MR) is 93.3 cm³/mol. The third-order valence-corrected chi connectivity index (χ3v) is 5.31. The Labute approximate surface area is 136 Å². The number of nitrogens with zero attached hydrogens (tertiary/aromatic N) is 1. The zero-order valence-corrected chi connectivity index (χ0v) is 15.7. The summed E-state index contributed by atoms with van der Waals surface area (Å²) in [6.07, 6.45) is 6.02. The van der Waals surface area contributed by atoms with Gasteiger partial charge in [-0.3, -0.25) is 0 Å². The summed E-state index contributed by atoms with van der Waals surface area (Å²) >= 11 is 1.99. The van der Waals surface area contributed by atoms with E-state index in [4.69, 9.17) is 9.47 Å². The molecule has 126 valence electrons. The van der Waals surface area contributed by atoms with Crippen molar-refractivity contribution < 1.29 is 9.47 Å². The summed E-state index contributed by atoms with van der Waals surface area (Å²) < 4.78 is 11.5. The van der Waals surface area contributed by atoms with Gasteiger partial charge in [-0.2, -0.15) is 11.8 Å². The van der Waals surface area contributed by atoms with E-state index in [-0.39, 0.29) is 11.2 Å². The minimum atomic E-state index is -0.201. The molecule has 0 unspecified atom stereocenters. The van der Waals surface area contributed by atoms with Crippen LogP contribution in [0.5, 0.6) is 0 Å². The summed E-state index contributed by atoms with van der Waals surface area (Å²) in [4.78, 5) is 2.60. The van der Waals surface area contributed by atoms with Gasteiger partial charge in [-0.1, -0.05) is 0 Å². The molecule has 0 radical (unpaired) electrons. The van der Waals surface area contributed by atoms with E-state index in [0.717, 1.165) is 18.9 Å². The fraction of sp³-hybridized carbons (Fsp3) is 1.00. The molecule has 1 heterocycles. The van der Waals surface area contributed by atoms with Crippen LogP contribution in [-0.4, -0.2) is 61.5 Å². The third-order valence-electron chi connectivity index (χ3n) is 4.50. The number of likely N-dealkylation sites (tertiary alicyclic amines) is 1. The summed E-state index contributed by atoms with van der Waals surface area (Å²) in [5.74, 6) is 2.26. The van der Waals surface area contributed by atoms with Gasteiger partial charge < -0.3 is 14.4 Å². The van der Waals surface area contributed by atoms with Crippen LogP contribution < -0.4 is 0 Å². The molecule has 1 saturated heterocycles. The molecule has 21 heavy (non-hydrogen) atoms. The normalized spacial score (nSPS) is 19.1. The molecule has 3 nitrogen and oxygen atoms in total. The molecular formula is C17H35NO2S. The highest BCUT2D eigenvalue weighted by atomic mass is 32.2. The number of ether oxygens (including phenoxy) is 2. The van der Waals surface area contributed by atoms with Gasteiger partial charge in [0.05, 0.1) is 17.8 Å². The Balaban J connectivity index is 2.24. The summed E-state index contributed by atoms with van der Waals surface area (Å²) in [5.41, 5.74) is -0.278. The van der Waals surface area contributed by atoms with E-state index in [0.29, 0.717) is 6.61 Å². The van der Waals surface area contributed by atoms with E-state index in [1.165, 1.54) is 31.7 Å². The van der Waals surface area contributed by atoms with Crippen LogP contribution in [0, 0.1) is 5.92 Å². The van der Waals surface area contributed by atoms with Crippen molar-refractivity contribution in [3.05, 3.63) is 0 Å². The van der Waals surface area contributed by atoms with Gasteiger partial charge in [-0.05, 0) is 78.0 Å². The van der Waals surface area contributed by atoms with Gasteiger partial charge >= 0.3 is 0 Å². The Morgan fingerprint density at radius 3 is 2.24 bits per heavy atom. The molecule has 0 aliphatic carbocycles. The molecule has 0 aromatic heterocycles.